The number of unbranched alkanes of at least 4 members (excludes halogenated alkanes) is 42. The van der Waals surface area contributed by atoms with Gasteiger partial charge < -0.3 is 79.5 Å². The zero-order valence-corrected chi connectivity index (χ0v) is 77.3. The number of ether oxygens (including phenoxy) is 2. The Kier molecular flexibility index (Phi) is 85.8. The molecular formula is C83H164N6Na2O17P2. The van der Waals surface area contributed by atoms with Crippen LogP contribution in [0.1, 0.15) is 401 Å². The van der Waals surface area contributed by atoms with Crippen LogP contribution in [-0.2, 0) is 55.9 Å². The van der Waals surface area contributed by atoms with Gasteiger partial charge in [0.15, 0.2) is 0 Å². The number of rotatable bonds is 84. The third kappa shape index (κ3) is 77.1. The third-order valence-corrected chi connectivity index (χ3v) is 21.9. The molecule has 0 aromatic rings. The number of phosphoric ester groups is 2. The van der Waals surface area contributed by atoms with E-state index in [2.05, 4.69) is 73.4 Å². The van der Waals surface area contributed by atoms with E-state index in [4.69, 9.17) is 27.6 Å². The van der Waals surface area contributed by atoms with Crippen molar-refractivity contribution in [3.63, 3.8) is 0 Å². The molecule has 0 aromatic carbocycles. The van der Waals surface area contributed by atoms with Gasteiger partial charge in [0.25, 0.3) is 15.6 Å². The van der Waals surface area contributed by atoms with Crippen LogP contribution in [0, 0.1) is 0 Å². The predicted octanol–water partition coefficient (Wildman–Crippen LogP) is 12.0. The molecule has 27 heteroatoms. The number of aliphatic hydroxyl groups is 2. The largest absolute Gasteiger partial charge is 1.00 e. The average Bonchev–Trinajstić information content (AvgIpc) is 0.899. The first-order valence-electron chi connectivity index (χ1n) is 44.3. The first-order valence-corrected chi connectivity index (χ1v) is 47.2. The summed E-state index contributed by atoms with van der Waals surface area (Å²) in [6.45, 7) is 10.4. The Bertz CT molecular complexity index is 2050. The summed E-state index contributed by atoms with van der Waals surface area (Å²) in [5, 5.41) is 38.5. The van der Waals surface area contributed by atoms with Crippen LogP contribution in [0.15, 0.2) is 0 Å². The number of urea groups is 1. The van der Waals surface area contributed by atoms with E-state index in [1.54, 1.807) is 0 Å². The third-order valence-electron chi connectivity index (χ3n) is 20.0. The molecule has 0 spiro atoms. The van der Waals surface area contributed by atoms with Crippen molar-refractivity contribution in [3.8, 4) is 0 Å². The Hall–Kier alpha value is -0.790. The molecule has 6 amide bonds. The fourth-order valence-electron chi connectivity index (χ4n) is 13.2. The zero-order chi connectivity index (χ0) is 79.5. The summed E-state index contributed by atoms with van der Waals surface area (Å²) in [5.74, 6) is -1.35. The van der Waals surface area contributed by atoms with Gasteiger partial charge >= 0.3 is 65.1 Å². The Morgan fingerprint density at radius 2 is 0.545 bits per heavy atom. The summed E-state index contributed by atoms with van der Waals surface area (Å²) < 4.78 is 58.8. The minimum absolute atomic E-state index is 0. The van der Waals surface area contributed by atoms with Gasteiger partial charge in [-0.2, -0.15) is 0 Å². The van der Waals surface area contributed by atoms with Gasteiger partial charge in [-0.15, -0.1) is 0 Å². The van der Waals surface area contributed by atoms with Crippen molar-refractivity contribution in [3.05, 3.63) is 0 Å². The molecule has 0 rings (SSSR count). The quantitative estimate of drug-likeness (QED) is 0.0159. The van der Waals surface area contributed by atoms with Crippen molar-refractivity contribution in [2.24, 2.45) is 0 Å². The molecule has 0 saturated heterocycles. The SMILES string of the molecule is CCCCCCCCCCCCC(O)C(=O)N[C@H](COCC[C@@H](CCCCCCC)NC(=O)CCCCCCCCCCC)COP(=O)([O-])OCCNC(=O)NCCOP(=O)([O-])OC[C@@H](COCC[C@@H](CCCCCCC)NC(=O)CCCCCCCCCCC)NC(=O)C(O)CCCCCCCCCCCC.[Na+].[Na+]. The van der Waals surface area contributed by atoms with Gasteiger partial charge in [-0.3, -0.25) is 28.3 Å². The molecule has 0 saturated carbocycles. The fraction of sp³-hybridized carbons (Fsp3) is 0.940. The van der Waals surface area contributed by atoms with E-state index in [-0.39, 0.29) is 135 Å². The van der Waals surface area contributed by atoms with E-state index >= 15 is 0 Å². The van der Waals surface area contributed by atoms with E-state index < -0.39 is 84.2 Å². The number of aliphatic hydroxyl groups excluding tert-OH is 2. The summed E-state index contributed by atoms with van der Waals surface area (Å²) in [6.07, 6.45) is 54.8. The van der Waals surface area contributed by atoms with Crippen LogP contribution in [0.2, 0.25) is 0 Å². The van der Waals surface area contributed by atoms with E-state index in [0.717, 1.165) is 167 Å². The van der Waals surface area contributed by atoms with Gasteiger partial charge in [-0.1, -0.05) is 337 Å². The summed E-state index contributed by atoms with van der Waals surface area (Å²) in [5.41, 5.74) is 0. The minimum atomic E-state index is -5.04. The molecule has 23 nitrogen and oxygen atoms in total. The second kappa shape index (κ2) is 83.3. The first-order chi connectivity index (χ1) is 52.3. The maximum Gasteiger partial charge on any atom is 1.00 e. The summed E-state index contributed by atoms with van der Waals surface area (Å²) in [6, 6.07) is -3.07. The molecule has 0 aliphatic heterocycles. The second-order valence-electron chi connectivity index (χ2n) is 30.5. The Morgan fingerprint density at radius 3 is 0.818 bits per heavy atom. The normalized spacial score (nSPS) is 14.2. The average molecular weight is 1630 g/mol. The monoisotopic (exact) mass is 1630 g/mol. The van der Waals surface area contributed by atoms with Crippen molar-refractivity contribution in [2.75, 3.05) is 65.9 Å². The Labute approximate surface area is 715 Å². The number of amides is 6. The molecule has 8 atom stereocenters. The molecule has 8 N–H and O–H groups in total. The number of carbonyl (C=O) groups excluding carboxylic acids is 5. The summed E-state index contributed by atoms with van der Waals surface area (Å²) in [4.78, 5) is 91.9. The van der Waals surface area contributed by atoms with Gasteiger partial charge in [0.05, 0.1) is 51.7 Å². The van der Waals surface area contributed by atoms with Crippen LogP contribution < -0.4 is 101 Å². The van der Waals surface area contributed by atoms with Crippen molar-refractivity contribution in [1.29, 1.82) is 0 Å². The molecule has 0 radical (unpaired) electrons. The second-order valence-corrected chi connectivity index (χ2v) is 33.4. The maximum atomic E-state index is 13.4. The van der Waals surface area contributed by atoms with Crippen LogP contribution in [0.4, 0.5) is 4.79 Å². The van der Waals surface area contributed by atoms with E-state index in [1.165, 1.54) is 141 Å². The van der Waals surface area contributed by atoms with Gasteiger partial charge in [0.1, 0.15) is 12.2 Å². The van der Waals surface area contributed by atoms with Crippen LogP contribution >= 0.6 is 15.6 Å². The molecule has 0 aliphatic rings. The number of hydrogen-bond donors (Lipinski definition) is 8. The van der Waals surface area contributed by atoms with Crippen molar-refractivity contribution in [1.82, 2.24) is 31.9 Å². The van der Waals surface area contributed by atoms with E-state index in [9.17, 15) is 53.1 Å². The number of hydrogen-bond acceptors (Lipinski definition) is 17. The van der Waals surface area contributed by atoms with E-state index in [0.29, 0.717) is 38.5 Å². The molecule has 0 fully saturated rings. The van der Waals surface area contributed by atoms with Crippen LogP contribution in [0.5, 0.6) is 0 Å². The Morgan fingerprint density at radius 1 is 0.300 bits per heavy atom. The minimum Gasteiger partial charge on any atom is -0.756 e. The molecule has 110 heavy (non-hydrogen) atoms. The molecule has 0 heterocycles. The summed E-state index contributed by atoms with van der Waals surface area (Å²) in [7, 11) is -10.1. The van der Waals surface area contributed by atoms with Crippen LogP contribution in [0.3, 0.4) is 0 Å². The van der Waals surface area contributed by atoms with Crippen molar-refractivity contribution >= 4 is 45.3 Å². The molecule has 0 aromatic heterocycles. The van der Waals surface area contributed by atoms with Gasteiger partial charge in [0, 0.05) is 51.2 Å². The number of carbonyl (C=O) groups is 5. The molecular weight excluding hydrogens is 1460 g/mol. The van der Waals surface area contributed by atoms with Crippen molar-refractivity contribution < 1.29 is 140 Å². The standard InChI is InChI=1S/C83H166N6O17P2.2Na/c1-7-13-19-25-29-33-37-39-45-51-57-77(90)81(94)88-75(69-101-65-61-73(55-49-43-23-17-11-5)86-79(92)59-53-47-41-35-31-27-21-15-9-3)71-105-107(97,98)103-67-63-84-83(96)85-64-68-104-108(99,100)106-72-76(89-82(95)78(91)58-52-46-40-38-34-30-26-20-14-8-2)70-102-66-62-74(56-50-44-24-18-12-6)87-80(93)60-54-48-42-36-32-28-22-16-10-4;;/h73-78,90-91H,7-72H2,1-6H3,(H,86,92)(H,87,93)(H,88,94)(H,89,95)(H,97,98)(H,99,100)(H2,84,85,96);;/q;2*+1/p-2/t73-,74-,75-,76-,77?,78?;;/m1../s1. The van der Waals surface area contributed by atoms with Gasteiger partial charge in [-0.05, 0) is 51.4 Å². The number of phosphoric acid groups is 2. The maximum absolute atomic E-state index is 13.4. The first kappa shape index (κ1) is 113. The van der Waals surface area contributed by atoms with E-state index in [1.807, 2.05) is 0 Å². The van der Waals surface area contributed by atoms with Crippen LogP contribution in [0.25, 0.3) is 0 Å². The molecule has 0 bridgehead atoms. The predicted molar refractivity (Wildman–Crippen MR) is 434 cm³/mol. The summed E-state index contributed by atoms with van der Waals surface area (Å²) >= 11 is 0. The van der Waals surface area contributed by atoms with Crippen molar-refractivity contribution in [2.45, 2.75) is 437 Å². The zero-order valence-electron chi connectivity index (χ0n) is 71.5. The topological polar surface area (TPSA) is 334 Å². The molecule has 640 valence electrons. The smallest absolute Gasteiger partial charge is 0.756 e. The van der Waals surface area contributed by atoms with Gasteiger partial charge in [0.2, 0.25) is 23.6 Å². The van der Waals surface area contributed by atoms with Crippen LogP contribution in [-0.4, -0.2) is 142 Å². The molecule has 0 aliphatic carbocycles. The Balaban J connectivity index is -0.0000572. The fourth-order valence-corrected chi connectivity index (χ4v) is 14.7. The van der Waals surface area contributed by atoms with Gasteiger partial charge in [-0.25, -0.2) is 4.79 Å². The number of nitrogens with one attached hydrogen (secondary N) is 6. The molecule has 4 unspecified atom stereocenters.